The van der Waals surface area contributed by atoms with Gasteiger partial charge in [-0.2, -0.15) is 13.2 Å². The van der Waals surface area contributed by atoms with Crippen molar-refractivity contribution >= 4 is 17.0 Å². The number of aromatic amines is 1. The second kappa shape index (κ2) is 3.76. The van der Waals surface area contributed by atoms with Gasteiger partial charge in [0.15, 0.2) is 0 Å². The van der Waals surface area contributed by atoms with Crippen molar-refractivity contribution in [3.63, 3.8) is 0 Å². The van der Waals surface area contributed by atoms with Crippen molar-refractivity contribution < 1.29 is 22.7 Å². The Balaban J connectivity index is 2.65. The number of hydrogen-bond donors (Lipinski definition) is 1. The molecule has 0 saturated heterocycles. The van der Waals surface area contributed by atoms with Crippen LogP contribution in [0.4, 0.5) is 13.2 Å². The molecule has 0 radical (unpaired) electrons. The summed E-state index contributed by atoms with van der Waals surface area (Å²) in [6.45, 7) is 0. The Morgan fingerprint density at radius 1 is 1.41 bits per heavy atom. The normalized spacial score (nSPS) is 11.8. The van der Waals surface area contributed by atoms with Gasteiger partial charge in [-0.3, -0.25) is 0 Å². The number of nitrogens with one attached hydrogen (secondary N) is 1. The average Bonchev–Trinajstić information content (AvgIpc) is 2.69. The number of rotatable bonds is 1. The number of methoxy groups -OCH3 is 1. The van der Waals surface area contributed by atoms with Crippen molar-refractivity contribution in [1.82, 2.24) is 9.97 Å². The molecule has 1 heterocycles. The molecular weight excluding hydrogens is 237 g/mol. The molecule has 0 aliphatic heterocycles. The van der Waals surface area contributed by atoms with Gasteiger partial charge in [0.2, 0.25) is 5.82 Å². The molecule has 0 spiro atoms. The summed E-state index contributed by atoms with van der Waals surface area (Å²) in [4.78, 5) is 17.2. The first-order chi connectivity index (χ1) is 7.93. The number of para-hydroxylation sites is 1. The van der Waals surface area contributed by atoms with Crippen LogP contribution in [-0.4, -0.2) is 23.0 Å². The minimum absolute atomic E-state index is 0.139. The highest BCUT2D eigenvalue weighted by Crippen LogP contribution is 2.33. The van der Waals surface area contributed by atoms with Crippen LogP contribution in [-0.2, 0) is 10.9 Å². The number of carbonyl (C=O) groups is 1. The van der Waals surface area contributed by atoms with Crippen molar-refractivity contribution in [3.05, 3.63) is 29.6 Å². The molecule has 2 aromatic rings. The van der Waals surface area contributed by atoms with Crippen LogP contribution >= 0.6 is 0 Å². The summed E-state index contributed by atoms with van der Waals surface area (Å²) in [6, 6.07) is 3.55. The van der Waals surface area contributed by atoms with Crippen molar-refractivity contribution in [2.24, 2.45) is 0 Å². The Morgan fingerprint density at radius 2 is 2.12 bits per heavy atom. The first kappa shape index (κ1) is 11.4. The van der Waals surface area contributed by atoms with Gasteiger partial charge >= 0.3 is 12.1 Å². The molecule has 0 saturated carbocycles. The molecule has 0 atom stereocenters. The van der Waals surface area contributed by atoms with E-state index in [0.717, 1.165) is 13.2 Å². The number of imidazole rings is 1. The van der Waals surface area contributed by atoms with Gasteiger partial charge in [-0.15, -0.1) is 0 Å². The molecule has 0 aliphatic carbocycles. The molecular formula is C10H7F3N2O2. The number of esters is 1. The SMILES string of the molecule is COC(=O)c1nc2c(C(F)(F)F)cccc2[nH]1. The third kappa shape index (κ3) is 1.95. The molecule has 1 aromatic carbocycles. The Morgan fingerprint density at radius 3 is 2.71 bits per heavy atom. The number of hydrogen-bond acceptors (Lipinski definition) is 3. The maximum atomic E-state index is 12.6. The number of alkyl halides is 3. The highest BCUT2D eigenvalue weighted by atomic mass is 19.4. The van der Waals surface area contributed by atoms with Crippen molar-refractivity contribution in [1.29, 1.82) is 0 Å². The summed E-state index contributed by atoms with van der Waals surface area (Å²) in [5.41, 5.74) is -1.04. The van der Waals surface area contributed by atoms with E-state index in [0.29, 0.717) is 0 Å². The lowest BCUT2D eigenvalue weighted by molar-refractivity contribution is -0.136. The number of benzene rings is 1. The fourth-order valence-electron chi connectivity index (χ4n) is 1.45. The molecule has 1 N–H and O–H groups in total. The van der Waals surface area contributed by atoms with Gasteiger partial charge in [0.1, 0.15) is 5.52 Å². The monoisotopic (exact) mass is 244 g/mol. The summed E-state index contributed by atoms with van der Waals surface area (Å²) < 4.78 is 42.3. The smallest absolute Gasteiger partial charge is 0.418 e. The van der Waals surface area contributed by atoms with E-state index in [9.17, 15) is 18.0 Å². The fraction of sp³-hybridized carbons (Fsp3) is 0.200. The molecule has 7 heteroatoms. The highest BCUT2D eigenvalue weighted by Gasteiger charge is 2.34. The van der Waals surface area contributed by atoms with E-state index in [2.05, 4.69) is 14.7 Å². The summed E-state index contributed by atoms with van der Waals surface area (Å²) in [5, 5.41) is 0. The quantitative estimate of drug-likeness (QED) is 0.783. The number of nitrogens with zero attached hydrogens (tertiary/aromatic N) is 1. The van der Waals surface area contributed by atoms with Crippen LogP contribution in [0.2, 0.25) is 0 Å². The molecule has 1 aromatic heterocycles. The van der Waals surface area contributed by atoms with Crippen LogP contribution in [0.15, 0.2) is 18.2 Å². The zero-order chi connectivity index (χ0) is 12.6. The van der Waals surface area contributed by atoms with Crippen LogP contribution in [0.5, 0.6) is 0 Å². The lowest BCUT2D eigenvalue weighted by Gasteiger charge is -2.05. The van der Waals surface area contributed by atoms with Gasteiger partial charge in [0.25, 0.3) is 0 Å². The number of ether oxygens (including phenoxy) is 1. The topological polar surface area (TPSA) is 55.0 Å². The van der Waals surface area contributed by atoms with E-state index >= 15 is 0 Å². The average molecular weight is 244 g/mol. The molecule has 90 valence electrons. The van der Waals surface area contributed by atoms with Crippen LogP contribution < -0.4 is 0 Å². The van der Waals surface area contributed by atoms with Crippen LogP contribution in [0.1, 0.15) is 16.2 Å². The largest absolute Gasteiger partial charge is 0.463 e. The van der Waals surface area contributed by atoms with E-state index < -0.39 is 17.7 Å². The van der Waals surface area contributed by atoms with E-state index in [1.165, 1.54) is 12.1 Å². The Bertz CT molecular complexity index is 574. The Hall–Kier alpha value is -2.05. The summed E-state index contributed by atoms with van der Waals surface area (Å²) >= 11 is 0. The standard InChI is InChI=1S/C10H7F3N2O2/c1-17-9(16)8-14-6-4-2-3-5(7(6)15-8)10(11,12)13/h2-4H,1H3,(H,14,15). The predicted octanol–water partition coefficient (Wildman–Crippen LogP) is 2.37. The van der Waals surface area contributed by atoms with E-state index in [-0.39, 0.29) is 16.9 Å². The number of halogens is 3. The second-order valence-electron chi connectivity index (χ2n) is 3.28. The van der Waals surface area contributed by atoms with Crippen LogP contribution in [0.25, 0.3) is 11.0 Å². The van der Waals surface area contributed by atoms with Gasteiger partial charge in [-0.25, -0.2) is 9.78 Å². The molecule has 0 aliphatic rings. The summed E-state index contributed by atoms with van der Waals surface area (Å²) in [7, 11) is 1.13. The Kier molecular flexibility index (Phi) is 2.53. The van der Waals surface area contributed by atoms with Crippen molar-refractivity contribution in [3.8, 4) is 0 Å². The molecule has 0 fully saturated rings. The third-order valence-corrected chi connectivity index (χ3v) is 2.20. The van der Waals surface area contributed by atoms with Crippen LogP contribution in [0.3, 0.4) is 0 Å². The van der Waals surface area contributed by atoms with Crippen molar-refractivity contribution in [2.75, 3.05) is 7.11 Å². The molecule has 2 rings (SSSR count). The minimum Gasteiger partial charge on any atom is -0.463 e. The second-order valence-corrected chi connectivity index (χ2v) is 3.28. The number of fused-ring (bicyclic) bond motifs is 1. The molecule has 4 nitrogen and oxygen atoms in total. The van der Waals surface area contributed by atoms with Gasteiger partial charge in [0.05, 0.1) is 18.2 Å². The molecule has 0 unspecified atom stereocenters. The third-order valence-electron chi connectivity index (χ3n) is 2.20. The van der Waals surface area contributed by atoms with Gasteiger partial charge in [-0.05, 0) is 12.1 Å². The first-order valence-corrected chi connectivity index (χ1v) is 4.57. The van der Waals surface area contributed by atoms with Gasteiger partial charge in [-0.1, -0.05) is 6.07 Å². The maximum absolute atomic E-state index is 12.6. The predicted molar refractivity (Wildman–Crippen MR) is 52.4 cm³/mol. The number of carbonyl (C=O) groups excluding carboxylic acids is 1. The molecule has 17 heavy (non-hydrogen) atoms. The lowest BCUT2D eigenvalue weighted by atomic mass is 10.2. The lowest BCUT2D eigenvalue weighted by Crippen LogP contribution is -2.06. The molecule has 0 amide bonds. The van der Waals surface area contributed by atoms with E-state index in [4.69, 9.17) is 0 Å². The number of aromatic nitrogens is 2. The Labute approximate surface area is 93.4 Å². The van der Waals surface area contributed by atoms with E-state index in [1.54, 1.807) is 0 Å². The van der Waals surface area contributed by atoms with Gasteiger partial charge < -0.3 is 9.72 Å². The summed E-state index contributed by atoms with van der Waals surface area (Å²) in [5.74, 6) is -1.06. The fourth-order valence-corrected chi connectivity index (χ4v) is 1.45. The summed E-state index contributed by atoms with van der Waals surface area (Å²) in [6.07, 6.45) is -4.51. The number of H-pyrrole nitrogens is 1. The van der Waals surface area contributed by atoms with Crippen LogP contribution in [0, 0.1) is 0 Å². The zero-order valence-electron chi connectivity index (χ0n) is 8.63. The molecule has 0 bridgehead atoms. The first-order valence-electron chi connectivity index (χ1n) is 4.57. The van der Waals surface area contributed by atoms with Gasteiger partial charge in [0, 0.05) is 0 Å². The maximum Gasteiger partial charge on any atom is 0.418 e. The minimum atomic E-state index is -4.51. The highest BCUT2D eigenvalue weighted by molar-refractivity contribution is 5.91. The van der Waals surface area contributed by atoms with Crippen molar-refractivity contribution in [2.45, 2.75) is 6.18 Å². The zero-order valence-corrected chi connectivity index (χ0v) is 8.63. The van der Waals surface area contributed by atoms with E-state index in [1.807, 2.05) is 0 Å².